The Morgan fingerprint density at radius 3 is 2.80 bits per heavy atom. The molecule has 0 radical (unpaired) electrons. The summed E-state index contributed by atoms with van der Waals surface area (Å²) in [6, 6.07) is 16.8. The first-order valence-electron chi connectivity index (χ1n) is 6.57. The quantitative estimate of drug-likeness (QED) is 0.764. The Hall–Kier alpha value is -2.42. The molecule has 2 aromatic carbocycles. The van der Waals surface area contributed by atoms with E-state index < -0.39 is 0 Å². The van der Waals surface area contributed by atoms with E-state index in [1.54, 1.807) is 6.07 Å². The van der Waals surface area contributed by atoms with Gasteiger partial charge in [-0.2, -0.15) is 0 Å². The number of rotatable bonds is 3. The molecule has 0 amide bonds. The molecule has 3 aromatic rings. The highest BCUT2D eigenvalue weighted by molar-refractivity contribution is 5.78. The van der Waals surface area contributed by atoms with Crippen molar-refractivity contribution in [2.75, 3.05) is 5.32 Å². The first kappa shape index (κ1) is 12.6. The summed E-state index contributed by atoms with van der Waals surface area (Å²) >= 11 is 0. The molecule has 1 N–H and O–H groups in total. The molecule has 0 atom stereocenters. The molecule has 0 aliphatic heterocycles. The lowest BCUT2D eigenvalue weighted by Gasteiger charge is -2.09. The zero-order chi connectivity index (χ0) is 13.9. The summed E-state index contributed by atoms with van der Waals surface area (Å²) < 4.78 is 13.2. The molecule has 3 rings (SSSR count). The number of para-hydroxylation sites is 1. The topological polar surface area (TPSA) is 24.9 Å². The minimum atomic E-state index is -0.232. The lowest BCUT2D eigenvalue weighted by Crippen LogP contribution is -2.03. The van der Waals surface area contributed by atoms with Crippen molar-refractivity contribution in [1.29, 1.82) is 0 Å². The van der Waals surface area contributed by atoms with Crippen LogP contribution in [0.2, 0.25) is 0 Å². The van der Waals surface area contributed by atoms with Gasteiger partial charge >= 0.3 is 0 Å². The predicted octanol–water partition coefficient (Wildman–Crippen LogP) is 4.29. The second-order valence-electron chi connectivity index (χ2n) is 4.81. The first-order valence-corrected chi connectivity index (χ1v) is 6.57. The summed E-state index contributed by atoms with van der Waals surface area (Å²) in [4.78, 5) is 4.59. The van der Waals surface area contributed by atoms with Crippen molar-refractivity contribution in [3.05, 3.63) is 71.7 Å². The Morgan fingerprint density at radius 2 is 1.90 bits per heavy atom. The molecular weight excluding hydrogens is 251 g/mol. The molecule has 0 bridgehead atoms. The van der Waals surface area contributed by atoms with Crippen molar-refractivity contribution in [2.45, 2.75) is 13.5 Å². The Morgan fingerprint density at radius 1 is 1.05 bits per heavy atom. The van der Waals surface area contributed by atoms with Crippen LogP contribution in [0.25, 0.3) is 10.9 Å². The van der Waals surface area contributed by atoms with Crippen LogP contribution in [0.5, 0.6) is 0 Å². The maximum Gasteiger partial charge on any atom is 0.125 e. The van der Waals surface area contributed by atoms with E-state index in [0.717, 1.165) is 27.8 Å². The molecule has 100 valence electrons. The molecule has 0 aliphatic rings. The van der Waals surface area contributed by atoms with Gasteiger partial charge < -0.3 is 5.32 Å². The largest absolute Gasteiger partial charge is 0.379 e. The second kappa shape index (κ2) is 5.29. The van der Waals surface area contributed by atoms with E-state index in [2.05, 4.69) is 16.4 Å². The van der Waals surface area contributed by atoms with Gasteiger partial charge in [-0.05, 0) is 36.8 Å². The first-order chi connectivity index (χ1) is 9.72. The summed E-state index contributed by atoms with van der Waals surface area (Å²) in [6.07, 6.45) is 0. The molecule has 0 aliphatic carbocycles. The van der Waals surface area contributed by atoms with Crippen LogP contribution in [-0.4, -0.2) is 4.98 Å². The van der Waals surface area contributed by atoms with Crippen molar-refractivity contribution in [3.63, 3.8) is 0 Å². The summed E-state index contributed by atoms with van der Waals surface area (Å²) in [5.74, 6) is -0.232. The van der Waals surface area contributed by atoms with Gasteiger partial charge in [-0.25, -0.2) is 4.39 Å². The Balaban J connectivity index is 1.81. The van der Waals surface area contributed by atoms with Crippen molar-refractivity contribution in [1.82, 2.24) is 4.98 Å². The van der Waals surface area contributed by atoms with Crippen molar-refractivity contribution >= 4 is 16.6 Å². The van der Waals surface area contributed by atoms with Crippen LogP contribution >= 0.6 is 0 Å². The number of hydrogen-bond acceptors (Lipinski definition) is 2. The number of nitrogens with zero attached hydrogens (tertiary/aromatic N) is 1. The molecule has 1 heterocycles. The smallest absolute Gasteiger partial charge is 0.125 e. The lowest BCUT2D eigenvalue weighted by atomic mass is 10.2. The van der Waals surface area contributed by atoms with Gasteiger partial charge in [-0.1, -0.05) is 30.3 Å². The minimum Gasteiger partial charge on any atom is -0.379 e. The van der Waals surface area contributed by atoms with E-state index in [9.17, 15) is 4.39 Å². The SMILES string of the molecule is Cc1ccc(F)cc1NCc1ccc2ccccc2n1. The molecule has 20 heavy (non-hydrogen) atoms. The molecule has 0 unspecified atom stereocenters. The van der Waals surface area contributed by atoms with Gasteiger partial charge in [0.05, 0.1) is 17.8 Å². The second-order valence-corrected chi connectivity index (χ2v) is 4.81. The third-order valence-corrected chi connectivity index (χ3v) is 3.32. The maximum absolute atomic E-state index is 13.2. The zero-order valence-electron chi connectivity index (χ0n) is 11.2. The third kappa shape index (κ3) is 2.62. The lowest BCUT2D eigenvalue weighted by molar-refractivity contribution is 0.628. The van der Waals surface area contributed by atoms with Gasteiger partial charge in [-0.3, -0.25) is 4.98 Å². The highest BCUT2D eigenvalue weighted by atomic mass is 19.1. The van der Waals surface area contributed by atoms with E-state index in [0.29, 0.717) is 6.54 Å². The van der Waals surface area contributed by atoms with Crippen LogP contribution in [0, 0.1) is 12.7 Å². The van der Waals surface area contributed by atoms with Gasteiger partial charge in [0.25, 0.3) is 0 Å². The molecule has 1 aromatic heterocycles. The van der Waals surface area contributed by atoms with Gasteiger partial charge in [0.2, 0.25) is 0 Å². The van der Waals surface area contributed by atoms with E-state index in [1.165, 1.54) is 12.1 Å². The molecule has 2 nitrogen and oxygen atoms in total. The van der Waals surface area contributed by atoms with E-state index in [4.69, 9.17) is 0 Å². The van der Waals surface area contributed by atoms with Crippen LogP contribution in [0.15, 0.2) is 54.6 Å². The molecule has 0 saturated heterocycles. The molecule has 0 fully saturated rings. The number of fused-ring (bicyclic) bond motifs is 1. The Kier molecular flexibility index (Phi) is 3.33. The third-order valence-electron chi connectivity index (χ3n) is 3.32. The van der Waals surface area contributed by atoms with Crippen LogP contribution in [0.3, 0.4) is 0 Å². The highest BCUT2D eigenvalue weighted by Gasteiger charge is 2.02. The monoisotopic (exact) mass is 266 g/mol. The highest BCUT2D eigenvalue weighted by Crippen LogP contribution is 2.17. The van der Waals surface area contributed by atoms with E-state index >= 15 is 0 Å². The number of aromatic nitrogens is 1. The molecular formula is C17H15FN2. The molecule has 3 heteroatoms. The Labute approximate surface area is 117 Å². The van der Waals surface area contributed by atoms with Crippen molar-refractivity contribution in [3.8, 4) is 0 Å². The number of anilines is 1. The normalized spacial score (nSPS) is 10.7. The van der Waals surface area contributed by atoms with E-state index in [-0.39, 0.29) is 5.82 Å². The zero-order valence-corrected chi connectivity index (χ0v) is 11.2. The van der Waals surface area contributed by atoms with Crippen LogP contribution < -0.4 is 5.32 Å². The summed E-state index contributed by atoms with van der Waals surface area (Å²) in [6.45, 7) is 2.53. The fourth-order valence-electron chi connectivity index (χ4n) is 2.18. The van der Waals surface area contributed by atoms with Crippen molar-refractivity contribution in [2.24, 2.45) is 0 Å². The van der Waals surface area contributed by atoms with Crippen LogP contribution in [-0.2, 0) is 6.54 Å². The van der Waals surface area contributed by atoms with E-state index in [1.807, 2.05) is 37.3 Å². The summed E-state index contributed by atoms with van der Waals surface area (Å²) in [5.41, 5.74) is 3.74. The standard InChI is InChI=1S/C17H15FN2/c1-12-6-8-14(18)10-17(12)19-11-15-9-7-13-4-2-3-5-16(13)20-15/h2-10,19H,11H2,1H3. The average molecular weight is 266 g/mol. The van der Waals surface area contributed by atoms with Crippen LogP contribution in [0.1, 0.15) is 11.3 Å². The Bertz CT molecular complexity index is 753. The van der Waals surface area contributed by atoms with Gasteiger partial charge in [0.15, 0.2) is 0 Å². The minimum absolute atomic E-state index is 0.232. The van der Waals surface area contributed by atoms with Gasteiger partial charge in [0, 0.05) is 11.1 Å². The number of aryl methyl sites for hydroxylation is 1. The number of halogens is 1. The van der Waals surface area contributed by atoms with Crippen molar-refractivity contribution < 1.29 is 4.39 Å². The summed E-state index contributed by atoms with van der Waals surface area (Å²) in [5, 5.41) is 4.36. The van der Waals surface area contributed by atoms with Crippen LogP contribution in [0.4, 0.5) is 10.1 Å². The molecule has 0 spiro atoms. The number of hydrogen-bond donors (Lipinski definition) is 1. The fourth-order valence-corrected chi connectivity index (χ4v) is 2.18. The predicted molar refractivity (Wildman–Crippen MR) is 80.2 cm³/mol. The number of nitrogens with one attached hydrogen (secondary N) is 1. The fraction of sp³-hybridized carbons (Fsp3) is 0.118. The maximum atomic E-state index is 13.2. The summed E-state index contributed by atoms with van der Waals surface area (Å²) in [7, 11) is 0. The number of pyridine rings is 1. The molecule has 0 saturated carbocycles. The number of benzene rings is 2. The average Bonchev–Trinajstić information content (AvgIpc) is 2.48. The van der Waals surface area contributed by atoms with Gasteiger partial charge in [0.1, 0.15) is 5.82 Å². The van der Waals surface area contributed by atoms with Gasteiger partial charge in [-0.15, -0.1) is 0 Å².